The van der Waals surface area contributed by atoms with E-state index in [-0.39, 0.29) is 11.9 Å². The summed E-state index contributed by atoms with van der Waals surface area (Å²) in [6.07, 6.45) is 2.62. The zero-order chi connectivity index (χ0) is 15.2. The second-order valence-corrected chi connectivity index (χ2v) is 4.90. The fourth-order valence-electron chi connectivity index (χ4n) is 2.01. The molecule has 6 heteroatoms. The molecule has 0 saturated heterocycles. The zero-order valence-electron chi connectivity index (χ0n) is 12.2. The van der Waals surface area contributed by atoms with Crippen molar-refractivity contribution in [2.75, 3.05) is 6.54 Å². The van der Waals surface area contributed by atoms with Gasteiger partial charge in [-0.25, -0.2) is 8.78 Å². The van der Waals surface area contributed by atoms with E-state index in [1.54, 1.807) is 0 Å². The highest BCUT2D eigenvalue weighted by molar-refractivity contribution is 5.54. The van der Waals surface area contributed by atoms with Gasteiger partial charge in [0.05, 0.1) is 0 Å². The van der Waals surface area contributed by atoms with E-state index >= 15 is 0 Å². The second kappa shape index (κ2) is 7.26. The van der Waals surface area contributed by atoms with Crippen molar-refractivity contribution in [1.82, 2.24) is 15.5 Å². The van der Waals surface area contributed by atoms with Crippen LogP contribution in [0.15, 0.2) is 22.7 Å². The molecule has 0 aliphatic carbocycles. The van der Waals surface area contributed by atoms with Gasteiger partial charge in [-0.2, -0.15) is 4.98 Å². The molecule has 0 aliphatic heterocycles. The van der Waals surface area contributed by atoms with Crippen LogP contribution in [-0.4, -0.2) is 22.7 Å². The average molecular weight is 295 g/mol. The van der Waals surface area contributed by atoms with Crippen LogP contribution in [0.1, 0.15) is 32.6 Å². The molecular weight excluding hydrogens is 276 g/mol. The average Bonchev–Trinajstić information content (AvgIpc) is 2.95. The lowest BCUT2D eigenvalue weighted by molar-refractivity contribution is 0.354. The number of aromatic nitrogens is 2. The summed E-state index contributed by atoms with van der Waals surface area (Å²) in [4.78, 5) is 4.24. The first kappa shape index (κ1) is 15.6. The molecule has 2 aromatic rings. The number of nitrogens with zero attached hydrogens (tertiary/aromatic N) is 2. The van der Waals surface area contributed by atoms with E-state index in [4.69, 9.17) is 4.52 Å². The lowest BCUT2D eigenvalue weighted by Crippen LogP contribution is -2.31. The van der Waals surface area contributed by atoms with Gasteiger partial charge in [0.15, 0.2) is 11.6 Å². The maximum atomic E-state index is 13.2. The van der Waals surface area contributed by atoms with E-state index in [0.29, 0.717) is 17.9 Å². The first-order chi connectivity index (χ1) is 10.1. The van der Waals surface area contributed by atoms with Crippen molar-refractivity contribution in [3.05, 3.63) is 35.7 Å². The molecule has 0 aliphatic rings. The number of nitrogens with one attached hydrogen (secondary N) is 1. The minimum absolute atomic E-state index is 0.267. The molecule has 0 fully saturated rings. The van der Waals surface area contributed by atoms with Crippen LogP contribution in [0.2, 0.25) is 0 Å². The molecule has 4 nitrogen and oxygen atoms in total. The first-order valence-electron chi connectivity index (χ1n) is 7.15. The third-order valence-corrected chi connectivity index (χ3v) is 3.24. The summed E-state index contributed by atoms with van der Waals surface area (Å²) in [5.41, 5.74) is 0.401. The molecule has 0 bridgehead atoms. The Morgan fingerprint density at radius 1 is 1.24 bits per heavy atom. The number of hydrogen-bond acceptors (Lipinski definition) is 4. The molecule has 1 heterocycles. The minimum atomic E-state index is -0.921. The Morgan fingerprint density at radius 3 is 2.71 bits per heavy atom. The Labute approximate surface area is 122 Å². The van der Waals surface area contributed by atoms with Crippen LogP contribution in [0.25, 0.3) is 11.4 Å². The third kappa shape index (κ3) is 4.07. The van der Waals surface area contributed by atoms with Gasteiger partial charge in [0.2, 0.25) is 11.7 Å². The predicted octanol–water partition coefficient (Wildman–Crippen LogP) is 3.34. The van der Waals surface area contributed by atoms with Crippen LogP contribution in [-0.2, 0) is 6.42 Å². The van der Waals surface area contributed by atoms with Crippen LogP contribution in [0, 0.1) is 11.6 Å². The van der Waals surface area contributed by atoms with Crippen molar-refractivity contribution in [2.24, 2.45) is 0 Å². The van der Waals surface area contributed by atoms with Gasteiger partial charge in [-0.15, -0.1) is 0 Å². The molecule has 0 amide bonds. The van der Waals surface area contributed by atoms with Crippen molar-refractivity contribution in [1.29, 1.82) is 0 Å². The normalized spacial score (nSPS) is 12.6. The maximum absolute atomic E-state index is 13.2. The van der Waals surface area contributed by atoms with Crippen molar-refractivity contribution >= 4 is 0 Å². The van der Waals surface area contributed by atoms with E-state index < -0.39 is 11.6 Å². The smallest absolute Gasteiger partial charge is 0.228 e. The second-order valence-electron chi connectivity index (χ2n) is 4.90. The molecular formula is C15H19F2N3O. The van der Waals surface area contributed by atoms with E-state index in [9.17, 15) is 8.78 Å². The molecule has 1 unspecified atom stereocenters. The zero-order valence-corrected chi connectivity index (χ0v) is 12.2. The molecule has 0 radical (unpaired) electrons. The maximum Gasteiger partial charge on any atom is 0.228 e. The van der Waals surface area contributed by atoms with Gasteiger partial charge in [0, 0.05) is 18.0 Å². The van der Waals surface area contributed by atoms with Crippen LogP contribution in [0.3, 0.4) is 0 Å². The van der Waals surface area contributed by atoms with Crippen LogP contribution < -0.4 is 5.32 Å². The minimum Gasteiger partial charge on any atom is -0.339 e. The quantitative estimate of drug-likeness (QED) is 0.851. The SMILES string of the molecule is CCCNC(CC)Cc1nc(-c2ccc(F)c(F)c2)no1. The van der Waals surface area contributed by atoms with Crippen molar-refractivity contribution in [3.63, 3.8) is 0 Å². The molecule has 1 N–H and O–H groups in total. The molecule has 21 heavy (non-hydrogen) atoms. The molecule has 114 valence electrons. The molecule has 1 atom stereocenters. The van der Waals surface area contributed by atoms with E-state index in [0.717, 1.165) is 31.5 Å². The third-order valence-electron chi connectivity index (χ3n) is 3.24. The van der Waals surface area contributed by atoms with E-state index in [1.807, 2.05) is 0 Å². The molecule has 1 aromatic heterocycles. The lowest BCUT2D eigenvalue weighted by atomic mass is 10.1. The van der Waals surface area contributed by atoms with Gasteiger partial charge in [-0.05, 0) is 37.6 Å². The molecule has 1 aromatic carbocycles. The summed E-state index contributed by atoms with van der Waals surface area (Å²) in [5.74, 6) is -1.05. The van der Waals surface area contributed by atoms with Crippen LogP contribution in [0.4, 0.5) is 8.78 Å². The number of benzene rings is 1. The van der Waals surface area contributed by atoms with Gasteiger partial charge in [0.25, 0.3) is 0 Å². The van der Waals surface area contributed by atoms with Crippen molar-refractivity contribution < 1.29 is 13.3 Å². The molecule has 0 saturated carbocycles. The number of rotatable bonds is 7. The summed E-state index contributed by atoms with van der Waals surface area (Å²) in [6, 6.07) is 3.82. The Kier molecular flexibility index (Phi) is 5.38. The molecule has 0 spiro atoms. The Morgan fingerprint density at radius 2 is 2.05 bits per heavy atom. The summed E-state index contributed by atoms with van der Waals surface area (Å²) in [7, 11) is 0. The largest absolute Gasteiger partial charge is 0.339 e. The van der Waals surface area contributed by atoms with Crippen molar-refractivity contribution in [2.45, 2.75) is 39.2 Å². The van der Waals surface area contributed by atoms with E-state index in [2.05, 4.69) is 29.3 Å². The summed E-state index contributed by atoms with van der Waals surface area (Å²) >= 11 is 0. The van der Waals surface area contributed by atoms with Gasteiger partial charge >= 0.3 is 0 Å². The highest BCUT2D eigenvalue weighted by atomic mass is 19.2. The fourth-order valence-corrected chi connectivity index (χ4v) is 2.01. The van der Waals surface area contributed by atoms with E-state index in [1.165, 1.54) is 6.07 Å². The topological polar surface area (TPSA) is 51.0 Å². The van der Waals surface area contributed by atoms with Gasteiger partial charge in [-0.3, -0.25) is 0 Å². The van der Waals surface area contributed by atoms with Gasteiger partial charge in [-0.1, -0.05) is 19.0 Å². The summed E-state index contributed by atoms with van der Waals surface area (Å²) in [6.45, 7) is 5.12. The van der Waals surface area contributed by atoms with Crippen molar-refractivity contribution in [3.8, 4) is 11.4 Å². The summed E-state index contributed by atoms with van der Waals surface area (Å²) < 4.78 is 31.3. The molecule has 2 rings (SSSR count). The predicted molar refractivity (Wildman–Crippen MR) is 75.7 cm³/mol. The number of hydrogen-bond donors (Lipinski definition) is 1. The standard InChI is InChI=1S/C15H19F2N3O/c1-3-7-18-11(4-2)9-14-19-15(20-21-14)10-5-6-12(16)13(17)8-10/h5-6,8,11,18H,3-4,7,9H2,1-2H3. The highest BCUT2D eigenvalue weighted by Crippen LogP contribution is 2.19. The van der Waals surface area contributed by atoms with Gasteiger partial charge < -0.3 is 9.84 Å². The van der Waals surface area contributed by atoms with Crippen LogP contribution >= 0.6 is 0 Å². The Hall–Kier alpha value is -1.82. The Bertz CT molecular complexity index is 586. The number of halogens is 2. The highest BCUT2D eigenvalue weighted by Gasteiger charge is 2.14. The Balaban J connectivity index is 2.08. The summed E-state index contributed by atoms with van der Waals surface area (Å²) in [5, 5.41) is 7.22. The van der Waals surface area contributed by atoms with Gasteiger partial charge in [0.1, 0.15) is 0 Å². The lowest BCUT2D eigenvalue weighted by Gasteiger charge is -2.13. The first-order valence-corrected chi connectivity index (χ1v) is 7.15. The van der Waals surface area contributed by atoms with Crippen LogP contribution in [0.5, 0.6) is 0 Å². The fraction of sp³-hybridized carbons (Fsp3) is 0.467. The monoisotopic (exact) mass is 295 g/mol.